The van der Waals surface area contributed by atoms with E-state index in [0.717, 1.165) is 5.56 Å². The molecule has 3 N–H and O–H groups in total. The van der Waals surface area contributed by atoms with Gasteiger partial charge in [-0.3, -0.25) is 6.79 Å². The van der Waals surface area contributed by atoms with Crippen LogP contribution in [0.2, 0.25) is 0 Å². The zero-order chi connectivity index (χ0) is 11.0. The molecule has 80 valence electrons. The van der Waals surface area contributed by atoms with Crippen LogP contribution in [0.25, 0.3) is 0 Å². The quantitative estimate of drug-likeness (QED) is 0.403. The Hall–Kier alpha value is -0.477. The topological polar surface area (TPSA) is 72.6 Å². The van der Waals surface area contributed by atoms with Crippen LogP contribution < -0.4 is 11.2 Å². The number of carbonyl (C=O) groups excluding carboxylic acids is 1. The zero-order valence-electron chi connectivity index (χ0n) is 8.34. The molecule has 0 radical (unpaired) electrons. The third-order valence-electron chi connectivity index (χ3n) is 1.63. The molecule has 0 aromatic heterocycles. The molecule has 0 aliphatic heterocycles. The van der Waals surface area contributed by atoms with Crippen molar-refractivity contribution in [3.63, 3.8) is 0 Å². The maximum atomic E-state index is 9.21. The fourth-order valence-corrected chi connectivity index (χ4v) is 0.877. The van der Waals surface area contributed by atoms with E-state index in [4.69, 9.17) is 15.2 Å². The number of hydrogen-bond donors (Lipinski definition) is 2. The minimum Gasteiger partial charge on any atom is -0.545 e. The Morgan fingerprint density at radius 1 is 1.60 bits per heavy atom. The third kappa shape index (κ3) is 5.85. The molecule has 1 aromatic rings. The van der Waals surface area contributed by atoms with Crippen LogP contribution in [0.1, 0.15) is 5.56 Å². The van der Waals surface area contributed by atoms with Crippen LogP contribution >= 0.6 is 0 Å². The van der Waals surface area contributed by atoms with Gasteiger partial charge in [-0.2, -0.15) is 24.3 Å². The number of nitrogens with two attached hydrogens (primary N) is 1. The summed E-state index contributed by atoms with van der Waals surface area (Å²) in [7, 11) is 0.548. The Morgan fingerprint density at radius 3 is 2.53 bits per heavy atom. The molecule has 0 spiro atoms. The monoisotopic (exact) mass is 377 g/mol. The SMILES string of the molecule is COB(O)c1[c-]cc(CN)cc1.[CH-]=O.[W+2]. The van der Waals surface area contributed by atoms with Crippen molar-refractivity contribution in [2.75, 3.05) is 7.11 Å². The molecule has 0 atom stereocenters. The van der Waals surface area contributed by atoms with Crippen LogP contribution in [-0.2, 0) is 37.1 Å². The second-order valence-corrected chi connectivity index (χ2v) is 2.44. The summed E-state index contributed by atoms with van der Waals surface area (Å²) >= 11 is 0. The molecule has 0 bridgehead atoms. The number of benzene rings is 1. The molecule has 0 heterocycles. The van der Waals surface area contributed by atoms with E-state index in [1.165, 1.54) is 7.11 Å². The molecule has 0 unspecified atom stereocenters. The second kappa shape index (κ2) is 10.1. The number of hydrogen-bond acceptors (Lipinski definition) is 4. The fourth-order valence-electron chi connectivity index (χ4n) is 0.877. The van der Waals surface area contributed by atoms with Gasteiger partial charge in [0.05, 0.1) is 0 Å². The molecular weight excluding hydrogens is 365 g/mol. The largest absolute Gasteiger partial charge is 2.00 e. The Labute approximate surface area is 104 Å². The predicted molar refractivity (Wildman–Crippen MR) is 54.5 cm³/mol. The Bertz CT molecular complexity index is 258. The minimum atomic E-state index is -0.892. The van der Waals surface area contributed by atoms with Gasteiger partial charge in [0.25, 0.3) is 0 Å². The summed E-state index contributed by atoms with van der Waals surface area (Å²) in [6.45, 7) is 3.74. The van der Waals surface area contributed by atoms with Crippen molar-refractivity contribution < 1.29 is 35.5 Å². The van der Waals surface area contributed by atoms with Gasteiger partial charge in [-0.05, 0) is 6.54 Å². The standard InChI is InChI=1S/C8H11BNO2.CHO.W/c1-12-9(11)8-4-2-7(6-10)3-5-8;1-2;/h2-4,11H,6,10H2,1H3;1H;/q2*-1;+2. The van der Waals surface area contributed by atoms with E-state index in [9.17, 15) is 5.02 Å². The zero-order valence-corrected chi connectivity index (χ0v) is 11.3. The summed E-state index contributed by atoms with van der Waals surface area (Å²) in [6.07, 6.45) is 0. The molecule has 0 aliphatic rings. The normalized spacial score (nSPS) is 8.20. The molecule has 15 heavy (non-hydrogen) atoms. The summed E-state index contributed by atoms with van der Waals surface area (Å²) < 4.78 is 4.70. The predicted octanol–water partition coefficient (Wildman–Crippen LogP) is -0.997. The Balaban J connectivity index is 0. The second-order valence-electron chi connectivity index (χ2n) is 2.44. The van der Waals surface area contributed by atoms with Gasteiger partial charge in [-0.1, -0.05) is 0 Å². The fraction of sp³-hybridized carbons (Fsp3) is 0.222. The van der Waals surface area contributed by atoms with Crippen LogP contribution in [0.15, 0.2) is 18.2 Å². The maximum absolute atomic E-state index is 9.21. The summed E-state index contributed by atoms with van der Waals surface area (Å²) in [5.41, 5.74) is 7.00. The third-order valence-corrected chi connectivity index (χ3v) is 1.63. The maximum Gasteiger partial charge on any atom is 2.00 e. The molecule has 0 aliphatic carbocycles. The molecule has 4 nitrogen and oxygen atoms in total. The first kappa shape index (κ1) is 16.9. The molecule has 0 amide bonds. The van der Waals surface area contributed by atoms with Crippen LogP contribution in [0.3, 0.4) is 0 Å². The first-order chi connectivity index (χ1) is 6.77. The van der Waals surface area contributed by atoms with E-state index in [0.29, 0.717) is 12.0 Å². The van der Waals surface area contributed by atoms with E-state index in [-0.39, 0.29) is 21.1 Å². The Morgan fingerprint density at radius 2 is 2.20 bits per heavy atom. The number of rotatable bonds is 3. The smallest absolute Gasteiger partial charge is 0.545 e. The molecular formula is C9H12BNO3W. The van der Waals surface area contributed by atoms with E-state index in [2.05, 4.69) is 12.9 Å². The van der Waals surface area contributed by atoms with Crippen molar-refractivity contribution in [2.45, 2.75) is 6.54 Å². The van der Waals surface area contributed by atoms with Crippen molar-refractivity contribution in [3.8, 4) is 0 Å². The van der Waals surface area contributed by atoms with Gasteiger partial charge < -0.3 is 20.2 Å². The average molecular weight is 377 g/mol. The van der Waals surface area contributed by atoms with Gasteiger partial charge in [0.2, 0.25) is 0 Å². The molecule has 1 aromatic carbocycles. The van der Waals surface area contributed by atoms with E-state index >= 15 is 0 Å². The van der Waals surface area contributed by atoms with Crippen LogP contribution in [0.5, 0.6) is 0 Å². The van der Waals surface area contributed by atoms with Gasteiger partial charge in [0, 0.05) is 7.11 Å². The van der Waals surface area contributed by atoms with Gasteiger partial charge in [-0.15, -0.1) is 11.0 Å². The first-order valence-electron chi connectivity index (χ1n) is 3.93. The summed E-state index contributed by atoms with van der Waals surface area (Å²) in [5, 5.41) is 9.21. The van der Waals surface area contributed by atoms with Gasteiger partial charge in [0.1, 0.15) is 0 Å². The van der Waals surface area contributed by atoms with E-state index in [1.54, 1.807) is 12.1 Å². The van der Waals surface area contributed by atoms with E-state index < -0.39 is 7.12 Å². The molecule has 0 saturated heterocycles. The van der Waals surface area contributed by atoms with Crippen molar-refractivity contribution >= 4 is 19.4 Å². The Kier molecular flexibility index (Phi) is 11.4. The van der Waals surface area contributed by atoms with E-state index in [1.807, 2.05) is 6.07 Å². The van der Waals surface area contributed by atoms with Crippen molar-refractivity contribution in [1.82, 2.24) is 0 Å². The molecule has 0 fully saturated rings. The summed E-state index contributed by atoms with van der Waals surface area (Å²) in [6, 6.07) is 8.22. The van der Waals surface area contributed by atoms with Crippen LogP contribution in [-0.4, -0.2) is 26.0 Å². The average Bonchev–Trinajstić information content (AvgIpc) is 2.31. The summed E-state index contributed by atoms with van der Waals surface area (Å²) in [4.78, 5) is 7.75. The molecule has 1 rings (SSSR count). The van der Waals surface area contributed by atoms with Crippen molar-refractivity contribution in [3.05, 3.63) is 29.8 Å². The molecule has 6 heteroatoms. The minimum absolute atomic E-state index is 0. The molecule has 0 saturated carbocycles. The van der Waals surface area contributed by atoms with Gasteiger partial charge >= 0.3 is 28.2 Å². The van der Waals surface area contributed by atoms with Gasteiger partial charge in [-0.25, -0.2) is 0 Å². The van der Waals surface area contributed by atoms with Crippen molar-refractivity contribution in [2.24, 2.45) is 5.73 Å². The van der Waals surface area contributed by atoms with Gasteiger partial charge in [0.15, 0.2) is 0 Å². The van der Waals surface area contributed by atoms with Crippen LogP contribution in [0.4, 0.5) is 0 Å². The summed E-state index contributed by atoms with van der Waals surface area (Å²) in [5.74, 6) is 0. The first-order valence-corrected chi connectivity index (χ1v) is 3.93. The van der Waals surface area contributed by atoms with Crippen molar-refractivity contribution in [1.29, 1.82) is 0 Å². The van der Waals surface area contributed by atoms with Crippen LogP contribution in [0, 0.1) is 6.07 Å².